The third kappa shape index (κ3) is 4.75. The standard InChI is InChI=1S/C22H22N2O3S2/c1-15-4-6-16(7-5-15)21(20-3-2-14-28-20)23-22(25)17-8-12-19(13-9-17)29(26,27)24-18-10-11-18/h2-9,12-14,18,21,24H,10-11H2,1H3,(H,23,25). The van der Waals surface area contributed by atoms with Gasteiger partial charge in [-0.3, -0.25) is 4.79 Å². The molecule has 2 N–H and O–H groups in total. The fourth-order valence-corrected chi connectivity index (χ4v) is 5.13. The highest BCUT2D eigenvalue weighted by Crippen LogP contribution is 2.27. The molecule has 0 spiro atoms. The van der Waals surface area contributed by atoms with Gasteiger partial charge < -0.3 is 5.32 Å². The maximum absolute atomic E-state index is 12.9. The molecule has 4 rings (SSSR count). The summed E-state index contributed by atoms with van der Waals surface area (Å²) in [6.07, 6.45) is 1.76. The van der Waals surface area contributed by atoms with Crippen molar-refractivity contribution in [3.63, 3.8) is 0 Å². The van der Waals surface area contributed by atoms with Crippen molar-refractivity contribution < 1.29 is 13.2 Å². The van der Waals surface area contributed by atoms with Crippen LogP contribution in [0.15, 0.2) is 70.9 Å². The zero-order valence-corrected chi connectivity index (χ0v) is 17.6. The molecule has 2 aromatic carbocycles. The molecule has 1 saturated carbocycles. The van der Waals surface area contributed by atoms with Crippen LogP contribution < -0.4 is 10.0 Å². The van der Waals surface area contributed by atoms with E-state index < -0.39 is 10.0 Å². The first kappa shape index (κ1) is 19.8. The first-order valence-electron chi connectivity index (χ1n) is 9.45. The van der Waals surface area contributed by atoms with Gasteiger partial charge in [0.25, 0.3) is 5.91 Å². The van der Waals surface area contributed by atoms with Gasteiger partial charge in [0.1, 0.15) is 0 Å². The maximum atomic E-state index is 12.9. The highest BCUT2D eigenvalue weighted by atomic mass is 32.2. The number of aryl methyl sites for hydroxylation is 1. The number of benzene rings is 2. The van der Waals surface area contributed by atoms with E-state index in [4.69, 9.17) is 0 Å². The van der Waals surface area contributed by atoms with E-state index in [1.165, 1.54) is 12.1 Å². The molecule has 1 unspecified atom stereocenters. The molecule has 1 fully saturated rings. The molecule has 0 radical (unpaired) electrons. The summed E-state index contributed by atoms with van der Waals surface area (Å²) in [5.74, 6) is -0.247. The predicted octanol–water partition coefficient (Wildman–Crippen LogP) is 4.02. The van der Waals surface area contributed by atoms with Gasteiger partial charge in [0.05, 0.1) is 10.9 Å². The van der Waals surface area contributed by atoms with E-state index in [9.17, 15) is 13.2 Å². The molecular formula is C22H22N2O3S2. The lowest BCUT2D eigenvalue weighted by Crippen LogP contribution is -2.29. The van der Waals surface area contributed by atoms with Crippen LogP contribution in [-0.4, -0.2) is 20.4 Å². The van der Waals surface area contributed by atoms with E-state index in [1.807, 2.05) is 48.7 Å². The summed E-state index contributed by atoms with van der Waals surface area (Å²) in [7, 11) is -3.53. The van der Waals surface area contributed by atoms with Gasteiger partial charge in [-0.05, 0) is 61.0 Å². The quantitative estimate of drug-likeness (QED) is 0.599. The molecule has 5 nitrogen and oxygen atoms in total. The number of hydrogen-bond donors (Lipinski definition) is 2. The molecule has 29 heavy (non-hydrogen) atoms. The Hall–Kier alpha value is -2.48. The number of rotatable bonds is 7. The molecule has 1 amide bonds. The van der Waals surface area contributed by atoms with Crippen LogP contribution in [-0.2, 0) is 10.0 Å². The zero-order chi connectivity index (χ0) is 20.4. The van der Waals surface area contributed by atoms with Crippen molar-refractivity contribution in [2.24, 2.45) is 0 Å². The first-order valence-corrected chi connectivity index (χ1v) is 11.8. The van der Waals surface area contributed by atoms with E-state index in [0.717, 1.165) is 28.8 Å². The number of carbonyl (C=O) groups is 1. The van der Waals surface area contributed by atoms with Gasteiger partial charge >= 0.3 is 0 Å². The highest BCUT2D eigenvalue weighted by molar-refractivity contribution is 7.89. The van der Waals surface area contributed by atoms with Crippen molar-refractivity contribution in [2.75, 3.05) is 0 Å². The van der Waals surface area contributed by atoms with Crippen molar-refractivity contribution >= 4 is 27.3 Å². The van der Waals surface area contributed by atoms with Crippen molar-refractivity contribution in [1.82, 2.24) is 10.0 Å². The fourth-order valence-electron chi connectivity index (χ4n) is 3.02. The van der Waals surface area contributed by atoms with E-state index in [-0.39, 0.29) is 22.9 Å². The molecule has 150 valence electrons. The average molecular weight is 427 g/mol. The van der Waals surface area contributed by atoms with Crippen LogP contribution in [0.1, 0.15) is 45.2 Å². The first-order chi connectivity index (χ1) is 13.9. The van der Waals surface area contributed by atoms with E-state index in [0.29, 0.717) is 5.56 Å². The van der Waals surface area contributed by atoms with Crippen LogP contribution in [0.4, 0.5) is 0 Å². The Morgan fingerprint density at radius 3 is 2.31 bits per heavy atom. The number of sulfonamides is 1. The van der Waals surface area contributed by atoms with Crippen molar-refractivity contribution in [3.05, 3.63) is 87.6 Å². The molecule has 0 aliphatic heterocycles. The molecule has 1 aliphatic rings. The molecule has 1 heterocycles. The second kappa shape index (κ2) is 8.10. The van der Waals surface area contributed by atoms with Gasteiger partial charge in [-0.25, -0.2) is 13.1 Å². The van der Waals surface area contributed by atoms with Crippen molar-refractivity contribution in [3.8, 4) is 0 Å². The van der Waals surface area contributed by atoms with Gasteiger partial charge in [-0.2, -0.15) is 0 Å². The molecule has 3 aromatic rings. The molecular weight excluding hydrogens is 404 g/mol. The minimum Gasteiger partial charge on any atom is -0.340 e. The number of thiophene rings is 1. The van der Waals surface area contributed by atoms with Crippen LogP contribution in [0, 0.1) is 6.92 Å². The molecule has 0 bridgehead atoms. The number of nitrogens with one attached hydrogen (secondary N) is 2. The largest absolute Gasteiger partial charge is 0.340 e. The monoisotopic (exact) mass is 426 g/mol. The maximum Gasteiger partial charge on any atom is 0.252 e. The number of hydrogen-bond acceptors (Lipinski definition) is 4. The topological polar surface area (TPSA) is 75.3 Å². The van der Waals surface area contributed by atoms with E-state index in [2.05, 4.69) is 10.0 Å². The molecule has 1 aromatic heterocycles. The van der Waals surface area contributed by atoms with Crippen molar-refractivity contribution in [2.45, 2.75) is 36.7 Å². The lowest BCUT2D eigenvalue weighted by Gasteiger charge is -2.18. The lowest BCUT2D eigenvalue weighted by molar-refractivity contribution is 0.0943. The molecule has 0 saturated heterocycles. The molecule has 1 atom stereocenters. The predicted molar refractivity (Wildman–Crippen MR) is 115 cm³/mol. The summed E-state index contributed by atoms with van der Waals surface area (Å²) < 4.78 is 27.2. The summed E-state index contributed by atoms with van der Waals surface area (Å²) in [5, 5.41) is 5.06. The summed E-state index contributed by atoms with van der Waals surface area (Å²) in [6.45, 7) is 2.02. The van der Waals surface area contributed by atoms with Crippen LogP contribution >= 0.6 is 11.3 Å². The summed E-state index contributed by atoms with van der Waals surface area (Å²) >= 11 is 1.58. The SMILES string of the molecule is Cc1ccc(C(NC(=O)c2ccc(S(=O)(=O)NC3CC3)cc2)c2cccs2)cc1. The average Bonchev–Trinajstić information content (AvgIpc) is 3.34. The second-order valence-electron chi connectivity index (χ2n) is 7.25. The minimum atomic E-state index is -3.53. The van der Waals surface area contributed by atoms with Crippen LogP contribution in [0.5, 0.6) is 0 Å². The Morgan fingerprint density at radius 2 is 1.72 bits per heavy atom. The second-order valence-corrected chi connectivity index (χ2v) is 9.95. The molecule has 7 heteroatoms. The van der Waals surface area contributed by atoms with Gasteiger partial charge in [0.2, 0.25) is 10.0 Å². The van der Waals surface area contributed by atoms with E-state index in [1.54, 1.807) is 23.5 Å². The zero-order valence-electron chi connectivity index (χ0n) is 16.0. The smallest absolute Gasteiger partial charge is 0.252 e. The fraction of sp³-hybridized carbons (Fsp3) is 0.227. The molecule has 1 aliphatic carbocycles. The Bertz CT molecular complexity index is 1090. The van der Waals surface area contributed by atoms with Crippen molar-refractivity contribution in [1.29, 1.82) is 0 Å². The van der Waals surface area contributed by atoms with Gasteiger partial charge in [-0.1, -0.05) is 35.9 Å². The lowest BCUT2D eigenvalue weighted by atomic mass is 10.0. The normalized spacial score (nSPS) is 15.1. The Labute approximate surface area is 174 Å². The Kier molecular flexibility index (Phi) is 5.54. The van der Waals surface area contributed by atoms with Gasteiger partial charge in [-0.15, -0.1) is 11.3 Å². The summed E-state index contributed by atoms with van der Waals surface area (Å²) in [6, 6.07) is 17.9. The Morgan fingerprint density at radius 1 is 1.03 bits per heavy atom. The number of carbonyl (C=O) groups excluding carboxylic acids is 1. The highest BCUT2D eigenvalue weighted by Gasteiger charge is 2.28. The minimum absolute atomic E-state index is 0.0454. The number of amides is 1. The summed E-state index contributed by atoms with van der Waals surface area (Å²) in [4.78, 5) is 14.1. The third-order valence-corrected chi connectivity index (χ3v) is 7.31. The van der Waals surface area contributed by atoms with Crippen LogP contribution in [0.25, 0.3) is 0 Å². The Balaban J connectivity index is 1.54. The van der Waals surface area contributed by atoms with Gasteiger partial charge in [0.15, 0.2) is 0 Å². The van der Waals surface area contributed by atoms with Crippen LogP contribution in [0.2, 0.25) is 0 Å². The third-order valence-electron chi connectivity index (χ3n) is 4.84. The van der Waals surface area contributed by atoms with Gasteiger partial charge in [0, 0.05) is 16.5 Å². The summed E-state index contributed by atoms with van der Waals surface area (Å²) in [5.41, 5.74) is 2.57. The van der Waals surface area contributed by atoms with E-state index >= 15 is 0 Å². The van der Waals surface area contributed by atoms with Crippen LogP contribution in [0.3, 0.4) is 0 Å².